The summed E-state index contributed by atoms with van der Waals surface area (Å²) in [4.78, 5) is 35.5. The van der Waals surface area contributed by atoms with E-state index in [4.69, 9.17) is 5.73 Å². The molecule has 2 rings (SSSR count). The Morgan fingerprint density at radius 2 is 1.87 bits per heavy atom. The van der Waals surface area contributed by atoms with Gasteiger partial charge < -0.3 is 11.1 Å². The van der Waals surface area contributed by atoms with Crippen LogP contribution in [0.5, 0.6) is 0 Å². The normalized spacial score (nSPS) is 12.3. The van der Waals surface area contributed by atoms with E-state index in [9.17, 15) is 14.4 Å². The number of hydrogen-bond acceptors (Lipinski definition) is 4. The molecule has 0 aliphatic rings. The molecule has 23 heavy (non-hydrogen) atoms. The Balaban J connectivity index is 1.96. The molecule has 5 nitrogen and oxygen atoms in total. The van der Waals surface area contributed by atoms with Crippen molar-refractivity contribution in [2.24, 2.45) is 11.7 Å². The van der Waals surface area contributed by atoms with Gasteiger partial charge >= 0.3 is 0 Å². The van der Waals surface area contributed by atoms with Gasteiger partial charge in [-0.1, -0.05) is 32.0 Å². The number of nitrogens with two attached hydrogens (primary N) is 1. The van der Waals surface area contributed by atoms with Crippen LogP contribution >= 0.6 is 11.3 Å². The number of primary amides is 1. The molecule has 1 unspecified atom stereocenters. The van der Waals surface area contributed by atoms with E-state index in [-0.39, 0.29) is 30.4 Å². The van der Waals surface area contributed by atoms with E-state index in [1.807, 2.05) is 29.6 Å². The van der Waals surface area contributed by atoms with Crippen molar-refractivity contribution in [2.75, 3.05) is 0 Å². The van der Waals surface area contributed by atoms with E-state index in [1.165, 1.54) is 11.3 Å². The monoisotopic (exact) mass is 332 g/mol. The summed E-state index contributed by atoms with van der Waals surface area (Å²) in [5, 5.41) is 5.33. The maximum atomic E-state index is 12.3. The zero-order chi connectivity index (χ0) is 17.0. The predicted octanol–water partition coefficient (Wildman–Crippen LogP) is 2.49. The highest BCUT2D eigenvalue weighted by atomic mass is 32.1. The van der Waals surface area contributed by atoms with E-state index in [2.05, 4.69) is 5.32 Å². The largest absolute Gasteiger partial charge is 0.368 e. The van der Waals surface area contributed by atoms with Crippen molar-refractivity contribution >= 4 is 39.0 Å². The summed E-state index contributed by atoms with van der Waals surface area (Å²) in [5.41, 5.74) is 5.91. The minimum atomic E-state index is -0.709. The molecule has 0 aliphatic heterocycles. The third-order valence-corrected chi connectivity index (χ3v) is 4.61. The highest BCUT2D eigenvalue weighted by Crippen LogP contribution is 2.26. The van der Waals surface area contributed by atoms with Gasteiger partial charge in [0.1, 0.15) is 6.04 Å². The van der Waals surface area contributed by atoms with Crippen LogP contribution in [0.4, 0.5) is 0 Å². The van der Waals surface area contributed by atoms with Crippen LogP contribution in [-0.2, 0) is 9.59 Å². The molecular formula is C17H20N2O3S. The Kier molecular flexibility index (Phi) is 5.50. The fraction of sp³-hybridized carbons (Fsp3) is 0.353. The Labute approximate surface area is 138 Å². The number of amides is 2. The van der Waals surface area contributed by atoms with Crippen molar-refractivity contribution in [3.63, 3.8) is 0 Å². The summed E-state index contributed by atoms with van der Waals surface area (Å²) in [7, 11) is 0. The standard InChI is InChI=1S/C17H20N2O3S/c1-10(2)16(17(18)22)19-15(21)8-7-13(20)12-9-23-14-6-4-3-5-11(12)14/h3-6,9-10,16H,7-8H2,1-2H3,(H2,18,22)(H,19,21). The molecule has 0 aliphatic carbocycles. The van der Waals surface area contributed by atoms with Gasteiger partial charge in [-0.05, 0) is 12.0 Å². The van der Waals surface area contributed by atoms with Crippen LogP contribution in [-0.4, -0.2) is 23.6 Å². The minimum Gasteiger partial charge on any atom is -0.368 e. The van der Waals surface area contributed by atoms with Crippen LogP contribution in [0, 0.1) is 5.92 Å². The van der Waals surface area contributed by atoms with Crippen LogP contribution in [0.25, 0.3) is 10.1 Å². The topological polar surface area (TPSA) is 89.3 Å². The summed E-state index contributed by atoms with van der Waals surface area (Å²) in [6, 6.07) is 6.97. The quantitative estimate of drug-likeness (QED) is 0.763. The van der Waals surface area contributed by atoms with Gasteiger partial charge in [0.05, 0.1) is 0 Å². The fourth-order valence-electron chi connectivity index (χ4n) is 2.37. The maximum Gasteiger partial charge on any atom is 0.240 e. The molecule has 0 radical (unpaired) electrons. The SMILES string of the molecule is CC(C)C(NC(=O)CCC(=O)c1csc2ccccc12)C(N)=O. The Bertz CT molecular complexity index is 736. The lowest BCUT2D eigenvalue weighted by molar-refractivity contribution is -0.128. The van der Waals surface area contributed by atoms with Crippen molar-refractivity contribution < 1.29 is 14.4 Å². The van der Waals surface area contributed by atoms with Crippen LogP contribution in [0.2, 0.25) is 0 Å². The lowest BCUT2D eigenvalue weighted by atomic mass is 10.0. The van der Waals surface area contributed by atoms with Crippen molar-refractivity contribution in [3.8, 4) is 0 Å². The first-order chi connectivity index (χ1) is 10.9. The highest BCUT2D eigenvalue weighted by molar-refractivity contribution is 7.17. The first kappa shape index (κ1) is 17.1. The highest BCUT2D eigenvalue weighted by Gasteiger charge is 2.22. The second-order valence-corrected chi connectivity index (χ2v) is 6.67. The van der Waals surface area contributed by atoms with Gasteiger partial charge in [0.25, 0.3) is 0 Å². The number of benzene rings is 1. The first-order valence-electron chi connectivity index (χ1n) is 7.48. The number of carbonyl (C=O) groups excluding carboxylic acids is 3. The molecule has 0 saturated heterocycles. The summed E-state index contributed by atoms with van der Waals surface area (Å²) < 4.78 is 1.05. The molecule has 6 heteroatoms. The number of nitrogens with one attached hydrogen (secondary N) is 1. The summed E-state index contributed by atoms with van der Waals surface area (Å²) in [6.45, 7) is 3.61. The number of rotatable bonds is 7. The number of carbonyl (C=O) groups is 3. The third kappa shape index (κ3) is 4.16. The van der Waals surface area contributed by atoms with E-state index in [1.54, 1.807) is 13.8 Å². The molecule has 122 valence electrons. The zero-order valence-electron chi connectivity index (χ0n) is 13.2. The van der Waals surface area contributed by atoms with Gasteiger partial charge in [0.2, 0.25) is 11.8 Å². The molecule has 0 saturated carbocycles. The molecule has 0 fully saturated rings. The molecule has 1 aromatic heterocycles. The fourth-order valence-corrected chi connectivity index (χ4v) is 3.33. The van der Waals surface area contributed by atoms with Gasteiger partial charge in [0, 0.05) is 33.9 Å². The Morgan fingerprint density at radius 1 is 1.17 bits per heavy atom. The first-order valence-corrected chi connectivity index (χ1v) is 8.36. The second-order valence-electron chi connectivity index (χ2n) is 5.76. The van der Waals surface area contributed by atoms with E-state index in [0.29, 0.717) is 5.56 Å². The molecule has 1 heterocycles. The van der Waals surface area contributed by atoms with Gasteiger partial charge in [-0.25, -0.2) is 0 Å². The van der Waals surface area contributed by atoms with E-state index < -0.39 is 11.9 Å². The molecular weight excluding hydrogens is 312 g/mol. The molecule has 1 aromatic carbocycles. The van der Waals surface area contributed by atoms with Crippen LogP contribution in [0.15, 0.2) is 29.6 Å². The number of ketones is 1. The second kappa shape index (κ2) is 7.37. The van der Waals surface area contributed by atoms with E-state index in [0.717, 1.165) is 10.1 Å². The van der Waals surface area contributed by atoms with Crippen LogP contribution in [0.3, 0.4) is 0 Å². The third-order valence-electron chi connectivity index (χ3n) is 3.65. The number of fused-ring (bicyclic) bond motifs is 1. The van der Waals surface area contributed by atoms with Gasteiger partial charge in [-0.3, -0.25) is 14.4 Å². The lowest BCUT2D eigenvalue weighted by Gasteiger charge is -2.18. The Hall–Kier alpha value is -2.21. The lowest BCUT2D eigenvalue weighted by Crippen LogP contribution is -2.47. The zero-order valence-corrected chi connectivity index (χ0v) is 14.0. The number of hydrogen-bond donors (Lipinski definition) is 2. The molecule has 1 atom stereocenters. The van der Waals surface area contributed by atoms with E-state index >= 15 is 0 Å². The predicted molar refractivity (Wildman–Crippen MR) is 91.4 cm³/mol. The van der Waals surface area contributed by atoms with Gasteiger partial charge in [-0.15, -0.1) is 11.3 Å². The number of Topliss-reactive ketones (excluding diaryl/α,β-unsaturated/α-hetero) is 1. The van der Waals surface area contributed by atoms with Crippen molar-refractivity contribution in [3.05, 3.63) is 35.2 Å². The maximum absolute atomic E-state index is 12.3. The van der Waals surface area contributed by atoms with Crippen LogP contribution < -0.4 is 11.1 Å². The van der Waals surface area contributed by atoms with Crippen molar-refractivity contribution in [2.45, 2.75) is 32.7 Å². The van der Waals surface area contributed by atoms with Gasteiger partial charge in [0.15, 0.2) is 5.78 Å². The average molecular weight is 332 g/mol. The average Bonchev–Trinajstić information content (AvgIpc) is 2.93. The van der Waals surface area contributed by atoms with Crippen molar-refractivity contribution in [1.82, 2.24) is 5.32 Å². The number of thiophene rings is 1. The summed E-state index contributed by atoms with van der Waals surface area (Å²) >= 11 is 1.51. The minimum absolute atomic E-state index is 0.0412. The summed E-state index contributed by atoms with van der Waals surface area (Å²) in [6.07, 6.45) is 0.148. The smallest absolute Gasteiger partial charge is 0.240 e. The van der Waals surface area contributed by atoms with Gasteiger partial charge in [-0.2, -0.15) is 0 Å². The molecule has 0 spiro atoms. The van der Waals surface area contributed by atoms with Crippen LogP contribution in [0.1, 0.15) is 37.0 Å². The molecule has 0 bridgehead atoms. The van der Waals surface area contributed by atoms with Crippen molar-refractivity contribution in [1.29, 1.82) is 0 Å². The Morgan fingerprint density at radius 3 is 2.52 bits per heavy atom. The molecule has 2 aromatic rings. The molecule has 3 N–H and O–H groups in total. The molecule has 2 amide bonds. The summed E-state index contributed by atoms with van der Waals surface area (Å²) in [5.74, 6) is -1.07.